The lowest BCUT2D eigenvalue weighted by molar-refractivity contribution is -0.154. The maximum Gasteiger partial charge on any atom is 0.422 e. The third-order valence-corrected chi connectivity index (χ3v) is 3.30. The number of aromatic nitrogens is 1. The Kier molecular flexibility index (Phi) is 6.82. The number of alkyl halides is 3. The maximum atomic E-state index is 12.3. The minimum atomic E-state index is -4.45. The van der Waals surface area contributed by atoms with Crippen molar-refractivity contribution in [3.05, 3.63) is 53.7 Å². The van der Waals surface area contributed by atoms with E-state index >= 15 is 0 Å². The van der Waals surface area contributed by atoms with Gasteiger partial charge in [0.1, 0.15) is 5.75 Å². The van der Waals surface area contributed by atoms with E-state index in [2.05, 4.69) is 15.0 Å². The fourth-order valence-electron chi connectivity index (χ4n) is 2.15. The van der Waals surface area contributed by atoms with Gasteiger partial charge < -0.3 is 14.8 Å². The van der Waals surface area contributed by atoms with Crippen molar-refractivity contribution in [3.8, 4) is 11.6 Å². The van der Waals surface area contributed by atoms with Gasteiger partial charge in [-0.3, -0.25) is 4.79 Å². The van der Waals surface area contributed by atoms with Crippen molar-refractivity contribution in [2.75, 3.05) is 13.2 Å². The van der Waals surface area contributed by atoms with Crippen molar-refractivity contribution in [2.45, 2.75) is 26.1 Å². The molecule has 0 aliphatic heterocycles. The molecule has 0 aliphatic rings. The lowest BCUT2D eigenvalue weighted by Gasteiger charge is -2.12. The summed E-state index contributed by atoms with van der Waals surface area (Å²) in [6, 6.07) is 10.2. The molecule has 140 valence electrons. The molecule has 0 fully saturated rings. The highest BCUT2D eigenvalue weighted by Crippen LogP contribution is 2.20. The van der Waals surface area contributed by atoms with Gasteiger partial charge in [-0.05, 0) is 30.7 Å². The molecule has 0 saturated heterocycles. The van der Waals surface area contributed by atoms with Crippen LogP contribution in [0, 0.1) is 0 Å². The molecular weight excluding hydrogens is 349 g/mol. The summed E-state index contributed by atoms with van der Waals surface area (Å²) in [6.45, 7) is 1.03. The molecule has 5 nitrogen and oxygen atoms in total. The van der Waals surface area contributed by atoms with Crippen LogP contribution in [0.15, 0.2) is 42.6 Å². The number of hydrogen-bond acceptors (Lipinski definition) is 4. The highest BCUT2D eigenvalue weighted by Gasteiger charge is 2.29. The molecule has 1 N–H and O–H groups in total. The van der Waals surface area contributed by atoms with Crippen molar-refractivity contribution < 1.29 is 27.4 Å². The molecule has 0 unspecified atom stereocenters. The highest BCUT2D eigenvalue weighted by molar-refractivity contribution is 5.78. The second kappa shape index (κ2) is 9.07. The van der Waals surface area contributed by atoms with E-state index in [0.717, 1.165) is 11.3 Å². The van der Waals surface area contributed by atoms with E-state index in [0.29, 0.717) is 12.2 Å². The first-order valence-electron chi connectivity index (χ1n) is 7.99. The van der Waals surface area contributed by atoms with E-state index in [9.17, 15) is 18.0 Å². The molecule has 1 aromatic heterocycles. The molecule has 0 saturated carbocycles. The number of nitrogens with zero attached hydrogens (tertiary/aromatic N) is 1. The topological polar surface area (TPSA) is 60.5 Å². The van der Waals surface area contributed by atoms with E-state index in [-0.39, 0.29) is 24.8 Å². The molecule has 0 bridgehead atoms. The predicted octanol–water partition coefficient (Wildman–Crippen LogP) is 3.28. The summed E-state index contributed by atoms with van der Waals surface area (Å²) in [7, 11) is 0. The number of ether oxygens (including phenoxy) is 2. The van der Waals surface area contributed by atoms with E-state index in [1.54, 1.807) is 36.4 Å². The number of pyridine rings is 1. The van der Waals surface area contributed by atoms with Crippen LogP contribution in [0.3, 0.4) is 0 Å². The van der Waals surface area contributed by atoms with Crippen LogP contribution in [0.1, 0.15) is 18.1 Å². The molecule has 0 spiro atoms. The molecule has 0 atom stereocenters. The van der Waals surface area contributed by atoms with Crippen LogP contribution < -0.4 is 14.8 Å². The number of amides is 1. The number of rotatable bonds is 8. The molecule has 1 amide bonds. The molecule has 1 heterocycles. The molecular formula is C18H19F3N2O3. The van der Waals surface area contributed by atoms with Crippen molar-refractivity contribution in [3.63, 3.8) is 0 Å². The average Bonchev–Trinajstić information content (AvgIpc) is 2.60. The lowest BCUT2D eigenvalue weighted by Crippen LogP contribution is -2.25. The summed E-state index contributed by atoms with van der Waals surface area (Å²) in [5, 5.41) is 2.65. The number of hydrogen-bond donors (Lipinski definition) is 1. The fourth-order valence-corrected chi connectivity index (χ4v) is 2.15. The Morgan fingerprint density at radius 1 is 1.15 bits per heavy atom. The Bertz CT molecular complexity index is 718. The quantitative estimate of drug-likeness (QED) is 0.777. The van der Waals surface area contributed by atoms with Gasteiger partial charge in [0.2, 0.25) is 11.8 Å². The van der Waals surface area contributed by atoms with Crippen molar-refractivity contribution in [1.82, 2.24) is 10.3 Å². The number of nitrogens with one attached hydrogen (secondary N) is 1. The van der Waals surface area contributed by atoms with Crippen LogP contribution in [-0.2, 0) is 17.8 Å². The van der Waals surface area contributed by atoms with Crippen LogP contribution in [0.5, 0.6) is 11.6 Å². The molecule has 8 heteroatoms. The van der Waals surface area contributed by atoms with Gasteiger partial charge in [-0.15, -0.1) is 0 Å². The van der Waals surface area contributed by atoms with Gasteiger partial charge in [-0.1, -0.05) is 18.2 Å². The molecule has 26 heavy (non-hydrogen) atoms. The minimum absolute atomic E-state index is 0.0247. The first-order valence-corrected chi connectivity index (χ1v) is 7.99. The number of halogens is 3. The summed E-state index contributed by atoms with van der Waals surface area (Å²) in [4.78, 5) is 15.8. The largest absolute Gasteiger partial charge is 0.494 e. The third-order valence-electron chi connectivity index (χ3n) is 3.30. The van der Waals surface area contributed by atoms with Gasteiger partial charge in [0, 0.05) is 18.3 Å². The molecule has 2 aromatic rings. The van der Waals surface area contributed by atoms with Crippen LogP contribution in [0.25, 0.3) is 0 Å². The summed E-state index contributed by atoms with van der Waals surface area (Å²) in [5.41, 5.74) is 1.17. The van der Waals surface area contributed by atoms with E-state index < -0.39 is 12.8 Å². The predicted molar refractivity (Wildman–Crippen MR) is 88.9 cm³/mol. The van der Waals surface area contributed by atoms with Gasteiger partial charge in [0.15, 0.2) is 6.61 Å². The molecule has 2 rings (SSSR count). The van der Waals surface area contributed by atoms with Gasteiger partial charge >= 0.3 is 6.18 Å². The summed E-state index contributed by atoms with van der Waals surface area (Å²) < 4.78 is 46.8. The van der Waals surface area contributed by atoms with Gasteiger partial charge in [-0.2, -0.15) is 13.2 Å². The Balaban J connectivity index is 1.89. The Hall–Kier alpha value is -2.77. The normalized spacial score (nSPS) is 11.1. The zero-order valence-electron chi connectivity index (χ0n) is 14.2. The third kappa shape index (κ3) is 6.62. The Morgan fingerprint density at radius 2 is 1.88 bits per heavy atom. The first-order chi connectivity index (χ1) is 12.4. The zero-order chi connectivity index (χ0) is 19.0. The standard InChI is InChI=1S/C18H19F3N2O3/c1-2-25-15-7-5-13(6-8-15)10-16(24)23-11-14-4-3-9-22-17(14)26-12-18(19,20)21/h3-9H,2,10-12H2,1H3,(H,23,24). The first kappa shape index (κ1) is 19.6. The summed E-state index contributed by atoms with van der Waals surface area (Å²) in [5.74, 6) is 0.310. The lowest BCUT2D eigenvalue weighted by atomic mass is 10.1. The SMILES string of the molecule is CCOc1ccc(CC(=O)NCc2cccnc2OCC(F)(F)F)cc1. The van der Waals surface area contributed by atoms with Crippen LogP contribution >= 0.6 is 0 Å². The molecule has 1 aromatic carbocycles. The fraction of sp³-hybridized carbons (Fsp3) is 0.333. The maximum absolute atomic E-state index is 12.3. The number of carbonyl (C=O) groups is 1. The van der Waals surface area contributed by atoms with Crippen LogP contribution in [0.4, 0.5) is 13.2 Å². The van der Waals surface area contributed by atoms with Crippen LogP contribution in [0.2, 0.25) is 0 Å². The van der Waals surface area contributed by atoms with E-state index in [4.69, 9.17) is 4.74 Å². The van der Waals surface area contributed by atoms with Crippen LogP contribution in [-0.4, -0.2) is 30.3 Å². The second-order valence-corrected chi connectivity index (χ2v) is 5.40. The summed E-state index contributed by atoms with van der Waals surface area (Å²) in [6.07, 6.45) is -2.98. The molecule has 0 aliphatic carbocycles. The van der Waals surface area contributed by atoms with E-state index in [1.807, 2.05) is 6.92 Å². The van der Waals surface area contributed by atoms with Crippen molar-refractivity contribution >= 4 is 5.91 Å². The van der Waals surface area contributed by atoms with Crippen molar-refractivity contribution in [2.24, 2.45) is 0 Å². The van der Waals surface area contributed by atoms with Gasteiger partial charge in [-0.25, -0.2) is 4.98 Å². The number of benzene rings is 1. The number of carbonyl (C=O) groups excluding carboxylic acids is 1. The summed E-state index contributed by atoms with van der Waals surface area (Å²) >= 11 is 0. The van der Waals surface area contributed by atoms with E-state index in [1.165, 1.54) is 6.20 Å². The van der Waals surface area contributed by atoms with Crippen molar-refractivity contribution in [1.29, 1.82) is 0 Å². The van der Waals surface area contributed by atoms with Gasteiger partial charge in [0.05, 0.1) is 13.0 Å². The molecule has 0 radical (unpaired) electrons. The van der Waals surface area contributed by atoms with Gasteiger partial charge in [0.25, 0.3) is 0 Å². The Labute approximate surface area is 149 Å². The smallest absolute Gasteiger partial charge is 0.422 e. The monoisotopic (exact) mass is 368 g/mol. The Morgan fingerprint density at radius 3 is 2.54 bits per heavy atom. The zero-order valence-corrected chi connectivity index (χ0v) is 14.2. The highest BCUT2D eigenvalue weighted by atomic mass is 19.4. The average molecular weight is 368 g/mol. The second-order valence-electron chi connectivity index (χ2n) is 5.40. The minimum Gasteiger partial charge on any atom is -0.494 e.